The predicted molar refractivity (Wildman–Crippen MR) is 78.3 cm³/mol. The van der Waals surface area contributed by atoms with E-state index in [0.717, 1.165) is 0 Å². The van der Waals surface area contributed by atoms with Gasteiger partial charge in [-0.05, 0) is 24.3 Å². The van der Waals surface area contributed by atoms with E-state index in [1.165, 1.54) is 12.1 Å². The van der Waals surface area contributed by atoms with Crippen LogP contribution in [0.2, 0.25) is 5.02 Å². The zero-order valence-corrected chi connectivity index (χ0v) is 12.2. The highest BCUT2D eigenvalue weighted by Gasteiger charge is 2.15. The number of hydrogen-bond acceptors (Lipinski definition) is 5. The van der Waals surface area contributed by atoms with Crippen LogP contribution in [-0.4, -0.2) is 14.1 Å². The van der Waals surface area contributed by atoms with Crippen molar-refractivity contribution in [1.29, 1.82) is 5.26 Å². The molecule has 0 aliphatic carbocycles. The van der Waals surface area contributed by atoms with Crippen molar-refractivity contribution >= 4 is 27.4 Å². The average molecular weight is 321 g/mol. The van der Waals surface area contributed by atoms with Crippen molar-refractivity contribution in [2.45, 2.75) is 4.90 Å². The van der Waals surface area contributed by atoms with Gasteiger partial charge in [0.2, 0.25) is 0 Å². The van der Waals surface area contributed by atoms with Gasteiger partial charge in [-0.1, -0.05) is 47.1 Å². The van der Waals surface area contributed by atoms with Gasteiger partial charge in [-0.2, -0.15) is 13.7 Å². The third-order valence-corrected chi connectivity index (χ3v) is 3.85. The van der Waals surface area contributed by atoms with Crippen molar-refractivity contribution < 1.29 is 12.7 Å². The first-order valence-electron chi connectivity index (χ1n) is 5.75. The Labute approximate surface area is 127 Å². The molecule has 0 aromatic heterocycles. The summed E-state index contributed by atoms with van der Waals surface area (Å²) in [5.41, 5.74) is 0.247. The summed E-state index contributed by atoms with van der Waals surface area (Å²) in [5, 5.41) is 12.9. The zero-order chi connectivity index (χ0) is 15.3. The van der Waals surface area contributed by atoms with Crippen LogP contribution in [0.15, 0.2) is 64.6 Å². The number of nitrogens with zero attached hydrogens (tertiary/aromatic N) is 2. The molecular weight excluding hydrogens is 312 g/mol. The Balaban J connectivity index is 2.27. The van der Waals surface area contributed by atoms with E-state index in [1.807, 2.05) is 0 Å². The molecule has 0 fully saturated rings. The predicted octanol–water partition coefficient (Wildman–Crippen LogP) is 2.97. The maximum atomic E-state index is 11.9. The largest absolute Gasteiger partial charge is 0.358 e. The first-order valence-corrected chi connectivity index (χ1v) is 7.54. The molecule has 5 nitrogen and oxygen atoms in total. The van der Waals surface area contributed by atoms with Crippen LogP contribution in [0.5, 0.6) is 0 Å². The average Bonchev–Trinajstić information content (AvgIpc) is 2.50. The fourth-order valence-electron chi connectivity index (χ4n) is 1.46. The van der Waals surface area contributed by atoms with Gasteiger partial charge in [0, 0.05) is 10.6 Å². The monoisotopic (exact) mass is 320 g/mol. The third-order valence-electron chi connectivity index (χ3n) is 2.48. The van der Waals surface area contributed by atoms with Crippen LogP contribution in [0, 0.1) is 11.3 Å². The van der Waals surface area contributed by atoms with Crippen molar-refractivity contribution in [3.63, 3.8) is 0 Å². The van der Waals surface area contributed by atoms with E-state index in [1.54, 1.807) is 48.5 Å². The summed E-state index contributed by atoms with van der Waals surface area (Å²) in [5.74, 6) is 0. The van der Waals surface area contributed by atoms with Gasteiger partial charge in [0.15, 0.2) is 5.71 Å². The van der Waals surface area contributed by atoms with E-state index in [0.29, 0.717) is 10.6 Å². The summed E-state index contributed by atoms with van der Waals surface area (Å²) in [4.78, 5) is -0.0397. The summed E-state index contributed by atoms with van der Waals surface area (Å²) >= 11 is 5.74. The lowest BCUT2D eigenvalue weighted by Crippen LogP contribution is -2.05. The Morgan fingerprint density at radius 1 is 1.10 bits per heavy atom. The first kappa shape index (κ1) is 15.0. The second kappa shape index (κ2) is 6.39. The van der Waals surface area contributed by atoms with Crippen LogP contribution < -0.4 is 0 Å². The van der Waals surface area contributed by atoms with Gasteiger partial charge in [-0.15, -0.1) is 0 Å². The zero-order valence-electron chi connectivity index (χ0n) is 10.6. The summed E-state index contributed by atoms with van der Waals surface area (Å²) < 4.78 is 28.3. The van der Waals surface area contributed by atoms with Crippen molar-refractivity contribution in [3.8, 4) is 6.07 Å². The molecule has 0 unspecified atom stereocenters. The molecule has 0 heterocycles. The molecule has 0 amide bonds. The number of nitriles is 1. The van der Waals surface area contributed by atoms with Gasteiger partial charge in [0.05, 0.1) is 0 Å². The summed E-state index contributed by atoms with van der Waals surface area (Å²) in [6.45, 7) is 0. The molecule has 2 aromatic rings. The van der Waals surface area contributed by atoms with Crippen LogP contribution in [0.1, 0.15) is 5.56 Å². The molecular formula is C14H9ClN2O3S. The second-order valence-corrected chi connectivity index (χ2v) is 5.87. The Kier molecular flexibility index (Phi) is 4.58. The molecule has 0 spiro atoms. The summed E-state index contributed by atoms with van der Waals surface area (Å²) in [7, 11) is -4.05. The lowest BCUT2D eigenvalue weighted by Gasteiger charge is -2.02. The summed E-state index contributed by atoms with van der Waals surface area (Å²) in [6, 6.07) is 15.5. The van der Waals surface area contributed by atoms with Crippen LogP contribution in [0.3, 0.4) is 0 Å². The summed E-state index contributed by atoms with van der Waals surface area (Å²) in [6.07, 6.45) is 0. The van der Waals surface area contributed by atoms with E-state index in [9.17, 15) is 8.42 Å². The highest BCUT2D eigenvalue weighted by molar-refractivity contribution is 7.86. The van der Waals surface area contributed by atoms with Crippen molar-refractivity contribution in [2.75, 3.05) is 0 Å². The molecule has 2 aromatic carbocycles. The van der Waals surface area contributed by atoms with E-state index in [2.05, 4.69) is 9.44 Å². The minimum atomic E-state index is -4.05. The topological polar surface area (TPSA) is 79.5 Å². The van der Waals surface area contributed by atoms with E-state index in [-0.39, 0.29) is 10.6 Å². The highest BCUT2D eigenvalue weighted by atomic mass is 35.5. The molecule has 21 heavy (non-hydrogen) atoms. The fraction of sp³-hybridized carbons (Fsp3) is 0. The van der Waals surface area contributed by atoms with Crippen molar-refractivity contribution in [2.24, 2.45) is 5.16 Å². The van der Waals surface area contributed by atoms with E-state index >= 15 is 0 Å². The minimum absolute atomic E-state index is 0.0397. The maximum Gasteiger partial charge on any atom is 0.358 e. The van der Waals surface area contributed by atoms with Crippen LogP contribution in [0.4, 0.5) is 0 Å². The van der Waals surface area contributed by atoms with Crippen LogP contribution in [-0.2, 0) is 14.4 Å². The Morgan fingerprint density at radius 3 is 2.29 bits per heavy atom. The van der Waals surface area contributed by atoms with Crippen LogP contribution >= 0.6 is 11.6 Å². The molecule has 0 aliphatic heterocycles. The molecule has 106 valence electrons. The van der Waals surface area contributed by atoms with Gasteiger partial charge in [-0.3, -0.25) is 4.28 Å². The Bertz CT molecular complexity index is 794. The first-order chi connectivity index (χ1) is 10.0. The number of rotatable bonds is 4. The number of oxime groups is 1. The number of hydrogen-bond donors (Lipinski definition) is 0. The fourth-order valence-corrected chi connectivity index (χ4v) is 2.34. The minimum Gasteiger partial charge on any atom is -0.263 e. The SMILES string of the molecule is N#CC(=NOS(=O)(=O)c1ccccc1)c1ccc(Cl)cc1. The quantitative estimate of drug-likeness (QED) is 0.640. The Hall–Kier alpha value is -2.36. The third kappa shape index (κ3) is 3.81. The van der Waals surface area contributed by atoms with Crippen molar-refractivity contribution in [3.05, 3.63) is 65.2 Å². The maximum absolute atomic E-state index is 11.9. The molecule has 0 saturated carbocycles. The van der Waals surface area contributed by atoms with Gasteiger partial charge < -0.3 is 0 Å². The molecule has 7 heteroatoms. The number of halogens is 1. The number of benzene rings is 2. The van der Waals surface area contributed by atoms with E-state index < -0.39 is 10.1 Å². The lowest BCUT2D eigenvalue weighted by atomic mass is 10.1. The van der Waals surface area contributed by atoms with Gasteiger partial charge in [-0.25, -0.2) is 0 Å². The molecule has 2 rings (SSSR count). The van der Waals surface area contributed by atoms with Crippen molar-refractivity contribution in [1.82, 2.24) is 0 Å². The smallest absolute Gasteiger partial charge is 0.263 e. The molecule has 0 radical (unpaired) electrons. The van der Waals surface area contributed by atoms with Gasteiger partial charge >= 0.3 is 10.1 Å². The molecule has 0 atom stereocenters. The second-order valence-electron chi connectivity index (χ2n) is 3.90. The highest BCUT2D eigenvalue weighted by Crippen LogP contribution is 2.14. The molecule has 0 aliphatic rings. The van der Waals surface area contributed by atoms with Crippen LogP contribution in [0.25, 0.3) is 0 Å². The molecule has 0 bridgehead atoms. The standard InChI is InChI=1S/C14H9ClN2O3S/c15-12-8-6-11(7-9-12)14(10-16)17-20-21(18,19)13-4-2-1-3-5-13/h1-9H. The van der Waals surface area contributed by atoms with Gasteiger partial charge in [0.1, 0.15) is 11.0 Å². The molecule has 0 N–H and O–H groups in total. The lowest BCUT2D eigenvalue weighted by molar-refractivity contribution is 0.339. The van der Waals surface area contributed by atoms with E-state index in [4.69, 9.17) is 16.9 Å². The Morgan fingerprint density at radius 2 is 1.71 bits per heavy atom. The normalized spacial score (nSPS) is 11.7. The molecule has 0 saturated heterocycles. The van der Waals surface area contributed by atoms with Gasteiger partial charge in [0.25, 0.3) is 0 Å².